The zero-order chi connectivity index (χ0) is 14.1. The van der Waals surface area contributed by atoms with Crippen molar-refractivity contribution in [1.82, 2.24) is 10.2 Å². The lowest BCUT2D eigenvalue weighted by molar-refractivity contribution is -0.139. The van der Waals surface area contributed by atoms with Crippen LogP contribution < -0.4 is 5.32 Å². The van der Waals surface area contributed by atoms with E-state index >= 15 is 0 Å². The molecule has 0 rings (SSSR count). The summed E-state index contributed by atoms with van der Waals surface area (Å²) in [6.45, 7) is 4.81. The monoisotopic (exact) mass is 276 g/mol. The van der Waals surface area contributed by atoms with E-state index in [1.54, 1.807) is 18.8 Å². The third-order valence-corrected chi connectivity index (χ3v) is 3.24. The second-order valence-electron chi connectivity index (χ2n) is 4.73. The third-order valence-electron chi connectivity index (χ3n) is 2.60. The number of nitrogens with zero attached hydrogens (tertiary/aromatic N) is 1. The maximum Gasteiger partial charge on any atom is 0.326 e. The second-order valence-corrected chi connectivity index (χ2v) is 5.71. The fourth-order valence-electron chi connectivity index (χ4n) is 1.31. The lowest BCUT2D eigenvalue weighted by atomic mass is 10.1. The van der Waals surface area contributed by atoms with E-state index in [9.17, 15) is 9.59 Å². The maximum atomic E-state index is 11.8. The molecule has 106 valence electrons. The fraction of sp³-hybridized carbons (Fsp3) is 0.833. The number of hydrogen-bond donors (Lipinski definition) is 2. The minimum absolute atomic E-state index is 0.316. The van der Waals surface area contributed by atoms with Crippen molar-refractivity contribution in [2.45, 2.75) is 32.7 Å². The molecule has 0 heterocycles. The van der Waals surface area contributed by atoms with Crippen molar-refractivity contribution in [3.05, 3.63) is 0 Å². The minimum atomic E-state index is -0.977. The number of carbonyl (C=O) groups excluding carboxylic acids is 1. The van der Waals surface area contributed by atoms with E-state index < -0.39 is 12.0 Å². The molecule has 0 unspecified atom stereocenters. The van der Waals surface area contributed by atoms with Gasteiger partial charge in [0, 0.05) is 13.6 Å². The Labute approximate surface area is 113 Å². The minimum Gasteiger partial charge on any atom is -0.480 e. The number of thioether (sulfide) groups is 1. The summed E-state index contributed by atoms with van der Waals surface area (Å²) < 4.78 is 0. The molecule has 0 fully saturated rings. The molecule has 0 bridgehead atoms. The number of carbonyl (C=O) groups is 2. The molecule has 1 atom stereocenters. The van der Waals surface area contributed by atoms with Gasteiger partial charge < -0.3 is 15.3 Å². The van der Waals surface area contributed by atoms with Crippen LogP contribution in [0.1, 0.15) is 26.7 Å². The topological polar surface area (TPSA) is 69.6 Å². The Morgan fingerprint density at radius 2 is 1.94 bits per heavy atom. The molecular weight excluding hydrogens is 252 g/mol. The first-order chi connectivity index (χ1) is 8.38. The third kappa shape index (κ3) is 7.42. The molecule has 0 aromatic carbocycles. The average molecular weight is 276 g/mol. The highest BCUT2D eigenvalue weighted by Crippen LogP contribution is 2.04. The molecule has 5 nitrogen and oxygen atoms in total. The molecular formula is C12H24N2O3S. The Morgan fingerprint density at radius 1 is 1.33 bits per heavy atom. The van der Waals surface area contributed by atoms with Gasteiger partial charge in [0.05, 0.1) is 0 Å². The van der Waals surface area contributed by atoms with Gasteiger partial charge in [-0.25, -0.2) is 9.59 Å². The quantitative estimate of drug-likeness (QED) is 0.710. The van der Waals surface area contributed by atoms with Crippen LogP contribution in [0.4, 0.5) is 4.79 Å². The molecule has 18 heavy (non-hydrogen) atoms. The number of nitrogens with one attached hydrogen (secondary N) is 1. The van der Waals surface area contributed by atoms with E-state index in [1.165, 1.54) is 4.90 Å². The van der Waals surface area contributed by atoms with Gasteiger partial charge in [0.2, 0.25) is 0 Å². The SMILES string of the molecule is CSCC[C@@H](NC(=O)N(C)CCC(C)C)C(=O)O. The van der Waals surface area contributed by atoms with Crippen LogP contribution in [0.25, 0.3) is 0 Å². The predicted octanol–water partition coefficient (Wildman–Crippen LogP) is 1.88. The number of rotatable bonds is 8. The standard InChI is InChI=1S/C12H24N2O3S/c1-9(2)5-7-14(3)12(17)13-10(11(15)16)6-8-18-4/h9-10H,5-8H2,1-4H3,(H,13,17)(H,15,16)/t10-/m1/s1. The first-order valence-electron chi connectivity index (χ1n) is 6.11. The molecule has 0 saturated carbocycles. The summed E-state index contributed by atoms with van der Waals surface area (Å²) in [7, 11) is 1.69. The molecule has 6 heteroatoms. The van der Waals surface area contributed by atoms with E-state index in [0.29, 0.717) is 24.6 Å². The number of carboxylic acid groups (broad SMARTS) is 1. The molecule has 0 radical (unpaired) electrons. The van der Waals surface area contributed by atoms with Crippen LogP contribution in [0.5, 0.6) is 0 Å². The van der Waals surface area contributed by atoms with Crippen molar-refractivity contribution in [1.29, 1.82) is 0 Å². The predicted molar refractivity (Wildman–Crippen MR) is 75.0 cm³/mol. The molecule has 0 spiro atoms. The van der Waals surface area contributed by atoms with Crippen molar-refractivity contribution in [2.75, 3.05) is 25.6 Å². The molecule has 0 aliphatic carbocycles. The first kappa shape index (κ1) is 17.1. The molecule has 0 aromatic rings. The van der Waals surface area contributed by atoms with Crippen molar-refractivity contribution in [3.8, 4) is 0 Å². The van der Waals surface area contributed by atoms with Crippen LogP contribution >= 0.6 is 11.8 Å². The van der Waals surface area contributed by atoms with Crippen molar-refractivity contribution in [3.63, 3.8) is 0 Å². The average Bonchev–Trinajstić information content (AvgIpc) is 2.30. The lowest BCUT2D eigenvalue weighted by Gasteiger charge is -2.22. The number of urea groups is 1. The van der Waals surface area contributed by atoms with Crippen LogP contribution in [0.3, 0.4) is 0 Å². The summed E-state index contributed by atoms with van der Waals surface area (Å²) in [5.41, 5.74) is 0. The largest absolute Gasteiger partial charge is 0.480 e. The van der Waals surface area contributed by atoms with E-state index in [-0.39, 0.29) is 6.03 Å². The molecule has 2 N–H and O–H groups in total. The Kier molecular flexibility index (Phi) is 8.62. The molecule has 0 aromatic heterocycles. The van der Waals surface area contributed by atoms with Crippen LogP contribution in [0, 0.1) is 5.92 Å². The van der Waals surface area contributed by atoms with E-state index in [2.05, 4.69) is 19.2 Å². The summed E-state index contributed by atoms with van der Waals surface area (Å²) >= 11 is 1.57. The summed E-state index contributed by atoms with van der Waals surface area (Å²) in [5, 5.41) is 11.6. The van der Waals surface area contributed by atoms with Gasteiger partial charge in [0.15, 0.2) is 0 Å². The van der Waals surface area contributed by atoms with E-state index in [4.69, 9.17) is 5.11 Å². The molecule has 0 aliphatic heterocycles. The summed E-state index contributed by atoms with van der Waals surface area (Å²) in [6, 6.07) is -1.12. The number of carboxylic acids is 1. The van der Waals surface area contributed by atoms with Gasteiger partial charge >= 0.3 is 12.0 Å². The number of amides is 2. The van der Waals surface area contributed by atoms with Crippen LogP contribution in [-0.4, -0.2) is 53.6 Å². The number of aliphatic carboxylic acids is 1. The highest BCUT2D eigenvalue weighted by atomic mass is 32.2. The first-order valence-corrected chi connectivity index (χ1v) is 7.51. The fourth-order valence-corrected chi connectivity index (χ4v) is 1.78. The Morgan fingerprint density at radius 3 is 2.39 bits per heavy atom. The van der Waals surface area contributed by atoms with Gasteiger partial charge in [-0.2, -0.15) is 11.8 Å². The zero-order valence-electron chi connectivity index (χ0n) is 11.6. The Balaban J connectivity index is 4.18. The van der Waals surface area contributed by atoms with Crippen molar-refractivity contribution in [2.24, 2.45) is 5.92 Å². The highest BCUT2D eigenvalue weighted by Gasteiger charge is 2.21. The summed E-state index contributed by atoms with van der Waals surface area (Å²) in [6.07, 6.45) is 3.27. The van der Waals surface area contributed by atoms with E-state index in [0.717, 1.165) is 6.42 Å². The summed E-state index contributed by atoms with van der Waals surface area (Å²) in [5.74, 6) is 0.258. The Bertz CT molecular complexity index is 272. The smallest absolute Gasteiger partial charge is 0.326 e. The van der Waals surface area contributed by atoms with Crippen LogP contribution in [0.2, 0.25) is 0 Å². The number of hydrogen-bond acceptors (Lipinski definition) is 3. The van der Waals surface area contributed by atoms with Crippen molar-refractivity contribution >= 4 is 23.8 Å². The Hall–Kier alpha value is -0.910. The zero-order valence-corrected chi connectivity index (χ0v) is 12.4. The van der Waals surface area contributed by atoms with E-state index in [1.807, 2.05) is 6.26 Å². The molecule has 2 amide bonds. The van der Waals surface area contributed by atoms with Gasteiger partial charge in [0.1, 0.15) is 6.04 Å². The van der Waals surface area contributed by atoms with Crippen molar-refractivity contribution < 1.29 is 14.7 Å². The van der Waals surface area contributed by atoms with Gasteiger partial charge in [0.25, 0.3) is 0 Å². The van der Waals surface area contributed by atoms with Gasteiger partial charge in [-0.1, -0.05) is 13.8 Å². The van der Waals surface area contributed by atoms with Crippen LogP contribution in [0.15, 0.2) is 0 Å². The van der Waals surface area contributed by atoms with Gasteiger partial charge in [-0.05, 0) is 30.8 Å². The highest BCUT2D eigenvalue weighted by molar-refractivity contribution is 7.98. The second kappa shape index (κ2) is 9.08. The normalized spacial score (nSPS) is 12.3. The van der Waals surface area contributed by atoms with Crippen LogP contribution in [-0.2, 0) is 4.79 Å². The maximum absolute atomic E-state index is 11.8. The summed E-state index contributed by atoms with van der Waals surface area (Å²) in [4.78, 5) is 24.3. The molecule has 0 saturated heterocycles. The van der Waals surface area contributed by atoms with Gasteiger partial charge in [-0.3, -0.25) is 0 Å². The molecule has 0 aliphatic rings. The van der Waals surface area contributed by atoms with Gasteiger partial charge in [-0.15, -0.1) is 0 Å². The lowest BCUT2D eigenvalue weighted by Crippen LogP contribution is -2.47.